The maximum Gasteiger partial charge on any atom is 0.224 e. The van der Waals surface area contributed by atoms with Gasteiger partial charge in [-0.05, 0) is 11.6 Å². The molecule has 0 spiro atoms. The Kier molecular flexibility index (Phi) is 6.65. The first-order valence-corrected chi connectivity index (χ1v) is 6.18. The third-order valence-corrected chi connectivity index (χ3v) is 2.70. The van der Waals surface area contributed by atoms with E-state index in [2.05, 4.69) is 11.8 Å². The minimum atomic E-state index is 0.0587. The number of benzene rings is 1. The van der Waals surface area contributed by atoms with E-state index in [0.29, 0.717) is 26.1 Å². The zero-order valence-electron chi connectivity index (χ0n) is 11.5. The van der Waals surface area contributed by atoms with Crippen molar-refractivity contribution in [3.05, 3.63) is 35.4 Å². The van der Waals surface area contributed by atoms with Gasteiger partial charge in [0.1, 0.15) is 0 Å². The van der Waals surface area contributed by atoms with Gasteiger partial charge in [0.25, 0.3) is 0 Å². The Morgan fingerprint density at radius 1 is 1.42 bits per heavy atom. The van der Waals surface area contributed by atoms with Gasteiger partial charge in [0.2, 0.25) is 5.91 Å². The van der Waals surface area contributed by atoms with E-state index in [9.17, 15) is 4.79 Å². The Hall–Kier alpha value is -1.83. The van der Waals surface area contributed by atoms with E-state index in [1.165, 1.54) is 0 Å². The highest BCUT2D eigenvalue weighted by Gasteiger charge is 2.10. The lowest BCUT2D eigenvalue weighted by Crippen LogP contribution is -2.27. The number of hydrogen-bond donors (Lipinski definition) is 1. The number of hydrogen-bond acceptors (Lipinski definition) is 3. The molecule has 0 bridgehead atoms. The van der Waals surface area contributed by atoms with Crippen LogP contribution in [-0.4, -0.2) is 38.1 Å². The smallest absolute Gasteiger partial charge is 0.224 e. The van der Waals surface area contributed by atoms with Gasteiger partial charge in [-0.25, -0.2) is 0 Å². The van der Waals surface area contributed by atoms with Crippen molar-refractivity contribution in [1.29, 1.82) is 0 Å². The second-order valence-electron chi connectivity index (χ2n) is 4.16. The Bertz CT molecular complexity index is 475. The van der Waals surface area contributed by atoms with Crippen LogP contribution in [-0.2, 0) is 16.1 Å². The molecular formula is C15H20N2O2. The van der Waals surface area contributed by atoms with Crippen LogP contribution in [0, 0.1) is 11.8 Å². The van der Waals surface area contributed by atoms with E-state index in [1.807, 2.05) is 24.3 Å². The predicted octanol–water partition coefficient (Wildman–Crippen LogP) is 0.992. The Balaban J connectivity index is 2.73. The van der Waals surface area contributed by atoms with Crippen LogP contribution >= 0.6 is 0 Å². The molecule has 102 valence electrons. The topological polar surface area (TPSA) is 55.6 Å². The van der Waals surface area contributed by atoms with Crippen LogP contribution < -0.4 is 5.73 Å². The number of methoxy groups -OCH3 is 1. The molecule has 0 aliphatic carbocycles. The van der Waals surface area contributed by atoms with E-state index in [0.717, 1.165) is 11.1 Å². The van der Waals surface area contributed by atoms with E-state index >= 15 is 0 Å². The van der Waals surface area contributed by atoms with Gasteiger partial charge < -0.3 is 15.4 Å². The highest BCUT2D eigenvalue weighted by molar-refractivity contribution is 5.76. The first kappa shape index (κ1) is 15.2. The fourth-order valence-corrected chi connectivity index (χ4v) is 1.65. The minimum absolute atomic E-state index is 0.0587. The lowest BCUT2D eigenvalue weighted by molar-refractivity contribution is -0.131. The molecule has 0 aliphatic rings. The minimum Gasteiger partial charge on any atom is -0.384 e. The predicted molar refractivity (Wildman–Crippen MR) is 75.3 cm³/mol. The lowest BCUT2D eigenvalue weighted by atomic mass is 10.1. The summed E-state index contributed by atoms with van der Waals surface area (Å²) in [7, 11) is 3.37. The standard InChI is InChI=1S/C15H20N2O2/c1-17(15(18)9-11-19-2)12-14-7-4-3-6-13(14)8-5-10-16/h3-4,6-7H,9-12,16H2,1-2H3. The summed E-state index contributed by atoms with van der Waals surface area (Å²) in [5, 5.41) is 0. The summed E-state index contributed by atoms with van der Waals surface area (Å²) in [6.07, 6.45) is 0.393. The molecule has 0 atom stereocenters. The molecule has 1 aromatic rings. The second kappa shape index (κ2) is 8.30. The Labute approximate surface area is 114 Å². The molecule has 0 aromatic heterocycles. The van der Waals surface area contributed by atoms with E-state index in [1.54, 1.807) is 19.1 Å². The molecule has 1 rings (SSSR count). The molecule has 1 amide bonds. The monoisotopic (exact) mass is 260 g/mol. The number of carbonyl (C=O) groups excluding carboxylic acids is 1. The van der Waals surface area contributed by atoms with Crippen LogP contribution in [0.15, 0.2) is 24.3 Å². The largest absolute Gasteiger partial charge is 0.384 e. The van der Waals surface area contributed by atoms with E-state index in [4.69, 9.17) is 10.5 Å². The number of nitrogens with zero attached hydrogens (tertiary/aromatic N) is 1. The van der Waals surface area contributed by atoms with Crippen molar-refractivity contribution in [2.24, 2.45) is 5.73 Å². The fraction of sp³-hybridized carbons (Fsp3) is 0.400. The molecule has 0 unspecified atom stereocenters. The first-order valence-electron chi connectivity index (χ1n) is 6.18. The van der Waals surface area contributed by atoms with Gasteiger partial charge in [0.05, 0.1) is 19.6 Å². The zero-order chi connectivity index (χ0) is 14.1. The van der Waals surface area contributed by atoms with Crippen molar-refractivity contribution in [3.63, 3.8) is 0 Å². The molecule has 2 N–H and O–H groups in total. The quantitative estimate of drug-likeness (QED) is 0.803. The summed E-state index contributed by atoms with van der Waals surface area (Å²) >= 11 is 0. The van der Waals surface area contributed by atoms with Crippen LogP contribution in [0.4, 0.5) is 0 Å². The Morgan fingerprint density at radius 2 is 2.16 bits per heavy atom. The van der Waals surface area contributed by atoms with Gasteiger partial charge in [0.15, 0.2) is 0 Å². The maximum absolute atomic E-state index is 11.8. The van der Waals surface area contributed by atoms with Crippen molar-refractivity contribution >= 4 is 5.91 Å². The molecule has 0 aliphatic heterocycles. The molecule has 0 radical (unpaired) electrons. The Morgan fingerprint density at radius 3 is 2.84 bits per heavy atom. The van der Waals surface area contributed by atoms with Crippen LogP contribution in [0.25, 0.3) is 0 Å². The number of nitrogens with two attached hydrogens (primary N) is 1. The molecule has 0 saturated heterocycles. The summed E-state index contributed by atoms with van der Waals surface area (Å²) in [4.78, 5) is 13.5. The van der Waals surface area contributed by atoms with Crippen molar-refractivity contribution in [2.75, 3.05) is 27.3 Å². The van der Waals surface area contributed by atoms with Crippen LogP contribution in [0.2, 0.25) is 0 Å². The molecule has 0 fully saturated rings. The van der Waals surface area contributed by atoms with Gasteiger partial charge in [-0.1, -0.05) is 30.0 Å². The average Bonchev–Trinajstić information content (AvgIpc) is 2.43. The summed E-state index contributed by atoms with van der Waals surface area (Å²) in [5.41, 5.74) is 7.32. The van der Waals surface area contributed by atoms with Crippen LogP contribution in [0.3, 0.4) is 0 Å². The molecule has 4 nitrogen and oxygen atoms in total. The van der Waals surface area contributed by atoms with Crippen LogP contribution in [0.5, 0.6) is 0 Å². The molecule has 0 heterocycles. The van der Waals surface area contributed by atoms with Gasteiger partial charge in [-0.3, -0.25) is 4.79 Å². The SMILES string of the molecule is COCCC(=O)N(C)Cc1ccccc1C#CCN. The fourth-order valence-electron chi connectivity index (χ4n) is 1.65. The zero-order valence-corrected chi connectivity index (χ0v) is 11.5. The van der Waals surface area contributed by atoms with Crippen molar-refractivity contribution < 1.29 is 9.53 Å². The molecule has 1 aromatic carbocycles. The van der Waals surface area contributed by atoms with Crippen molar-refractivity contribution in [2.45, 2.75) is 13.0 Å². The van der Waals surface area contributed by atoms with Crippen LogP contribution in [0.1, 0.15) is 17.5 Å². The normalized spacial score (nSPS) is 9.63. The maximum atomic E-state index is 11.8. The van der Waals surface area contributed by atoms with Gasteiger partial charge >= 0.3 is 0 Å². The summed E-state index contributed by atoms with van der Waals surface area (Å²) in [5.74, 6) is 5.92. The number of carbonyl (C=O) groups is 1. The number of rotatable bonds is 5. The molecular weight excluding hydrogens is 240 g/mol. The number of amides is 1. The molecule has 4 heteroatoms. The average molecular weight is 260 g/mol. The summed E-state index contributed by atoms with van der Waals surface area (Å²) < 4.78 is 4.91. The third-order valence-electron chi connectivity index (χ3n) is 2.70. The van der Waals surface area contributed by atoms with Crippen molar-refractivity contribution in [3.8, 4) is 11.8 Å². The summed E-state index contributed by atoms with van der Waals surface area (Å²) in [6, 6.07) is 7.78. The second-order valence-corrected chi connectivity index (χ2v) is 4.16. The lowest BCUT2D eigenvalue weighted by Gasteiger charge is -2.18. The highest BCUT2D eigenvalue weighted by atomic mass is 16.5. The van der Waals surface area contributed by atoms with E-state index in [-0.39, 0.29) is 5.91 Å². The van der Waals surface area contributed by atoms with Gasteiger partial charge in [-0.2, -0.15) is 0 Å². The molecule has 0 saturated carbocycles. The highest BCUT2D eigenvalue weighted by Crippen LogP contribution is 2.10. The third kappa shape index (κ3) is 5.12. The summed E-state index contributed by atoms with van der Waals surface area (Å²) in [6.45, 7) is 1.31. The van der Waals surface area contributed by atoms with E-state index < -0.39 is 0 Å². The molecule has 19 heavy (non-hydrogen) atoms. The van der Waals surface area contributed by atoms with Crippen molar-refractivity contribution in [1.82, 2.24) is 4.90 Å². The van der Waals surface area contributed by atoms with Gasteiger partial charge in [0, 0.05) is 26.3 Å². The first-order chi connectivity index (χ1) is 9.19. The van der Waals surface area contributed by atoms with Gasteiger partial charge in [-0.15, -0.1) is 0 Å². The number of ether oxygens (including phenoxy) is 1.